The minimum atomic E-state index is -2.62. The van der Waals surface area contributed by atoms with E-state index in [1.165, 1.54) is 25.1 Å². The Morgan fingerprint density at radius 2 is 1.79 bits per heavy atom. The fourth-order valence-electron chi connectivity index (χ4n) is 3.18. The molecule has 3 aromatic carbocycles. The number of hydrogen-bond donors (Lipinski definition) is 0. The lowest BCUT2D eigenvalue weighted by Crippen LogP contribution is -2.50. The summed E-state index contributed by atoms with van der Waals surface area (Å²) in [4.78, 5) is 37.0. The minimum Gasteiger partial charge on any atom is -0.456 e. The van der Waals surface area contributed by atoms with Crippen LogP contribution in [0.25, 0.3) is 0 Å². The van der Waals surface area contributed by atoms with E-state index in [0.717, 1.165) is 17.7 Å². The van der Waals surface area contributed by atoms with Crippen molar-refractivity contribution in [3.8, 4) is 23.3 Å². The molecule has 0 radical (unpaired) electrons. The van der Waals surface area contributed by atoms with Gasteiger partial charge in [0.25, 0.3) is 0 Å². The molecule has 1 unspecified atom stereocenters. The van der Waals surface area contributed by atoms with Crippen LogP contribution in [0.15, 0.2) is 66.7 Å². The number of rotatable bonds is 9. The van der Waals surface area contributed by atoms with E-state index in [-0.39, 0.29) is 23.5 Å². The molecule has 0 N–H and O–H groups in total. The average Bonchev–Trinajstić information content (AvgIpc) is 2.84. The van der Waals surface area contributed by atoms with Gasteiger partial charge in [0.2, 0.25) is 11.5 Å². The monoisotopic (exact) mass is 478 g/mol. The number of nitriles is 1. The van der Waals surface area contributed by atoms with Gasteiger partial charge in [-0.3, -0.25) is 19.7 Å². The number of benzene rings is 3. The van der Waals surface area contributed by atoms with Crippen LogP contribution in [0, 0.1) is 28.4 Å². The quantitative estimate of drug-likeness (QED) is 0.164. The molecule has 172 valence electrons. The van der Waals surface area contributed by atoms with Crippen LogP contribution in [0.2, 0.25) is 5.02 Å². The van der Waals surface area contributed by atoms with E-state index in [0.29, 0.717) is 5.02 Å². The van der Waals surface area contributed by atoms with Crippen molar-refractivity contribution in [1.29, 1.82) is 5.26 Å². The van der Waals surface area contributed by atoms with Crippen LogP contribution in [0.1, 0.15) is 29.3 Å². The van der Waals surface area contributed by atoms with Crippen LogP contribution in [-0.4, -0.2) is 22.1 Å². The molecule has 9 heteroatoms. The van der Waals surface area contributed by atoms with Gasteiger partial charge in [-0.1, -0.05) is 54.9 Å². The number of nitro groups is 1. The van der Waals surface area contributed by atoms with Gasteiger partial charge in [0, 0.05) is 24.1 Å². The molecule has 8 nitrogen and oxygen atoms in total. The predicted octanol–water partition coefficient (Wildman–Crippen LogP) is 5.85. The summed E-state index contributed by atoms with van der Waals surface area (Å²) in [5.74, 6) is -1.87. The molecular formula is C25H19ClN2O6. The normalized spacial score (nSPS) is 12.2. The number of ketones is 2. The largest absolute Gasteiger partial charge is 0.456 e. The van der Waals surface area contributed by atoms with Crippen LogP contribution < -0.4 is 9.47 Å². The Morgan fingerprint density at radius 1 is 1.09 bits per heavy atom. The Bertz CT molecular complexity index is 1300. The Hall–Kier alpha value is -4.22. The summed E-state index contributed by atoms with van der Waals surface area (Å²) in [6.45, 7) is 3.31. The number of nitrogens with zero attached hydrogens (tertiary/aromatic N) is 2. The number of hydrogen-bond acceptors (Lipinski definition) is 7. The molecule has 0 aliphatic heterocycles. The van der Waals surface area contributed by atoms with Gasteiger partial charge in [0.15, 0.2) is 5.78 Å². The van der Waals surface area contributed by atoms with Crippen LogP contribution in [0.5, 0.6) is 17.2 Å². The second-order valence-corrected chi connectivity index (χ2v) is 7.70. The molecule has 3 aromatic rings. The lowest BCUT2D eigenvalue weighted by atomic mass is 9.88. The van der Waals surface area contributed by atoms with Gasteiger partial charge < -0.3 is 9.47 Å². The molecule has 0 saturated heterocycles. The topological polar surface area (TPSA) is 120 Å². The molecule has 0 bridgehead atoms. The summed E-state index contributed by atoms with van der Waals surface area (Å²) < 4.78 is 11.4. The SMILES string of the molecule is CCC(=O)C(C#N)(Oc1cc(Oc2ccc(C)cc2Cl)ccc1[N+](=O)[O-])C(=O)c1ccccc1. The summed E-state index contributed by atoms with van der Waals surface area (Å²) in [7, 11) is 0. The van der Waals surface area contributed by atoms with E-state index in [2.05, 4.69) is 0 Å². The zero-order valence-corrected chi connectivity index (χ0v) is 19.0. The molecule has 0 heterocycles. The zero-order valence-electron chi connectivity index (χ0n) is 18.3. The lowest BCUT2D eigenvalue weighted by Gasteiger charge is -2.25. The highest BCUT2D eigenvalue weighted by Crippen LogP contribution is 2.38. The minimum absolute atomic E-state index is 0.0485. The Balaban J connectivity index is 2.10. The lowest BCUT2D eigenvalue weighted by molar-refractivity contribution is -0.386. The molecule has 0 aromatic heterocycles. The van der Waals surface area contributed by atoms with Gasteiger partial charge in [0.05, 0.1) is 9.95 Å². The number of aryl methyl sites for hydroxylation is 1. The maximum Gasteiger partial charge on any atom is 0.314 e. The molecule has 34 heavy (non-hydrogen) atoms. The van der Waals surface area contributed by atoms with Crippen LogP contribution >= 0.6 is 11.6 Å². The third-order valence-corrected chi connectivity index (χ3v) is 5.23. The maximum absolute atomic E-state index is 13.2. The van der Waals surface area contributed by atoms with Gasteiger partial charge in [-0.25, -0.2) is 0 Å². The van der Waals surface area contributed by atoms with E-state index >= 15 is 0 Å². The van der Waals surface area contributed by atoms with E-state index < -0.39 is 33.5 Å². The number of carbonyl (C=O) groups excluding carboxylic acids is 2. The van der Waals surface area contributed by atoms with Crippen molar-refractivity contribution in [2.45, 2.75) is 25.9 Å². The molecule has 0 fully saturated rings. The first kappa shape index (κ1) is 24.4. The third-order valence-electron chi connectivity index (χ3n) is 4.93. The number of nitro benzene ring substituents is 1. The summed E-state index contributed by atoms with van der Waals surface area (Å²) >= 11 is 6.20. The number of halogens is 1. The number of carbonyl (C=O) groups is 2. The molecule has 0 amide bonds. The van der Waals surface area contributed by atoms with Crippen LogP contribution in [-0.2, 0) is 4.79 Å². The Kier molecular flexibility index (Phi) is 7.29. The standard InChI is InChI=1S/C25H19ClN2O6/c1-3-23(29)25(15-27,24(30)17-7-5-4-6-8-17)34-22-14-18(10-11-20(22)28(31)32)33-21-12-9-16(2)13-19(21)26/h4-14H,3H2,1-2H3. The van der Waals surface area contributed by atoms with Crippen molar-refractivity contribution in [2.75, 3.05) is 0 Å². The zero-order chi connectivity index (χ0) is 24.9. The highest BCUT2D eigenvalue weighted by Gasteiger charge is 2.49. The predicted molar refractivity (Wildman–Crippen MR) is 124 cm³/mol. The van der Waals surface area contributed by atoms with Crippen LogP contribution in [0.3, 0.4) is 0 Å². The average molecular weight is 479 g/mol. The van der Waals surface area contributed by atoms with Gasteiger partial charge in [-0.2, -0.15) is 5.26 Å². The summed E-state index contributed by atoms with van der Waals surface area (Å²) in [5.41, 5.74) is -2.22. The molecule has 3 rings (SSSR count). The van der Waals surface area contributed by atoms with Crippen molar-refractivity contribution < 1.29 is 24.0 Å². The molecule has 0 aliphatic carbocycles. The maximum atomic E-state index is 13.2. The molecule has 0 aliphatic rings. The second kappa shape index (κ2) is 10.1. The van der Waals surface area contributed by atoms with Crippen molar-refractivity contribution in [3.05, 3.63) is 93.0 Å². The summed E-state index contributed by atoms with van der Waals surface area (Å²) in [6, 6.07) is 17.9. The first-order valence-corrected chi connectivity index (χ1v) is 10.6. The van der Waals surface area contributed by atoms with E-state index in [9.17, 15) is 25.0 Å². The molecule has 0 saturated carbocycles. The fourth-order valence-corrected chi connectivity index (χ4v) is 3.45. The van der Waals surface area contributed by atoms with E-state index in [1.54, 1.807) is 42.5 Å². The summed E-state index contributed by atoms with van der Waals surface area (Å²) in [6.07, 6.45) is -0.213. The van der Waals surface area contributed by atoms with Gasteiger partial charge >= 0.3 is 11.3 Å². The summed E-state index contributed by atoms with van der Waals surface area (Å²) in [5, 5.41) is 21.9. The second-order valence-electron chi connectivity index (χ2n) is 7.29. The first-order chi connectivity index (χ1) is 16.2. The molecular weight excluding hydrogens is 460 g/mol. The number of ether oxygens (including phenoxy) is 2. The Morgan fingerprint density at radius 3 is 2.38 bits per heavy atom. The molecule has 0 spiro atoms. The van der Waals surface area contributed by atoms with Gasteiger partial charge in [0.1, 0.15) is 17.6 Å². The smallest absolute Gasteiger partial charge is 0.314 e. The highest BCUT2D eigenvalue weighted by molar-refractivity contribution is 6.32. The first-order valence-electron chi connectivity index (χ1n) is 10.2. The van der Waals surface area contributed by atoms with Crippen molar-refractivity contribution in [1.82, 2.24) is 0 Å². The van der Waals surface area contributed by atoms with Crippen LogP contribution in [0.4, 0.5) is 5.69 Å². The molecule has 1 atom stereocenters. The van der Waals surface area contributed by atoms with E-state index in [1.807, 2.05) is 6.92 Å². The highest BCUT2D eigenvalue weighted by atomic mass is 35.5. The van der Waals surface area contributed by atoms with Crippen molar-refractivity contribution in [2.24, 2.45) is 0 Å². The number of Topliss-reactive ketones (excluding diaryl/α,β-unsaturated/α-hetero) is 2. The van der Waals surface area contributed by atoms with E-state index in [4.69, 9.17) is 21.1 Å². The van der Waals surface area contributed by atoms with Crippen molar-refractivity contribution in [3.63, 3.8) is 0 Å². The van der Waals surface area contributed by atoms with Gasteiger partial charge in [-0.05, 0) is 30.7 Å². The fraction of sp³-hybridized carbons (Fsp3) is 0.160. The van der Waals surface area contributed by atoms with Crippen molar-refractivity contribution >= 4 is 28.9 Å². The van der Waals surface area contributed by atoms with Gasteiger partial charge in [-0.15, -0.1) is 0 Å². The third kappa shape index (κ3) is 4.90. The Labute approximate surface area is 200 Å².